The third-order valence-electron chi connectivity index (χ3n) is 5.47. The maximum absolute atomic E-state index is 12.7. The molecule has 4 fully saturated rings. The van der Waals surface area contributed by atoms with E-state index in [9.17, 15) is 4.79 Å². The monoisotopic (exact) mass is 250 g/mol. The third-order valence-corrected chi connectivity index (χ3v) is 5.47. The minimum Gasteiger partial charge on any atom is -0.275 e. The molecule has 0 spiro atoms. The van der Waals surface area contributed by atoms with E-state index < -0.39 is 0 Å². The number of amides is 1. The van der Waals surface area contributed by atoms with E-state index in [2.05, 4.69) is 0 Å². The summed E-state index contributed by atoms with van der Waals surface area (Å²) in [5.74, 6) is 9.57. The van der Waals surface area contributed by atoms with Crippen LogP contribution in [0, 0.1) is 29.6 Å². The standard InChI is InChI=1S/C15H26N2O/c1-15(2,3)17(16)14(18)13-11-5-9-4-10(7-11)8-12(13)6-9/h9-13H,4-8,16H2,1-3H3. The number of hydrogen-bond donors (Lipinski definition) is 1. The van der Waals surface area contributed by atoms with Crippen LogP contribution in [0.2, 0.25) is 0 Å². The maximum atomic E-state index is 12.7. The molecule has 3 heteroatoms. The van der Waals surface area contributed by atoms with Crippen LogP contribution >= 0.6 is 0 Å². The van der Waals surface area contributed by atoms with Crippen LogP contribution in [0.1, 0.15) is 52.9 Å². The molecular formula is C15H26N2O. The highest BCUT2D eigenvalue weighted by Gasteiger charge is 2.52. The summed E-state index contributed by atoms with van der Waals surface area (Å²) in [6.07, 6.45) is 6.55. The minimum absolute atomic E-state index is 0.205. The third kappa shape index (κ3) is 1.87. The van der Waals surface area contributed by atoms with E-state index in [0.717, 1.165) is 11.8 Å². The Kier molecular flexibility index (Phi) is 2.74. The van der Waals surface area contributed by atoms with E-state index in [-0.39, 0.29) is 17.4 Å². The lowest BCUT2D eigenvalue weighted by Gasteiger charge is -2.54. The quantitative estimate of drug-likeness (QED) is 0.441. The molecule has 0 atom stereocenters. The molecule has 3 nitrogen and oxygen atoms in total. The van der Waals surface area contributed by atoms with Crippen LogP contribution in [0.25, 0.3) is 0 Å². The van der Waals surface area contributed by atoms with Gasteiger partial charge in [0, 0.05) is 5.92 Å². The van der Waals surface area contributed by atoms with E-state index in [1.54, 1.807) is 0 Å². The SMILES string of the molecule is CC(C)(C)N(N)C(=O)C1C2CC3CC(C2)CC1C3. The van der Waals surface area contributed by atoms with E-state index in [1.807, 2.05) is 20.8 Å². The van der Waals surface area contributed by atoms with Gasteiger partial charge in [0.1, 0.15) is 0 Å². The molecule has 0 unspecified atom stereocenters. The zero-order valence-corrected chi connectivity index (χ0v) is 11.9. The number of carbonyl (C=O) groups excluding carboxylic acids is 1. The summed E-state index contributed by atoms with van der Waals surface area (Å²) >= 11 is 0. The Bertz CT molecular complexity index is 330. The molecule has 4 aliphatic carbocycles. The molecular weight excluding hydrogens is 224 g/mol. The Balaban J connectivity index is 1.79. The van der Waals surface area contributed by atoms with Crippen LogP contribution in [0.3, 0.4) is 0 Å². The fourth-order valence-electron chi connectivity index (χ4n) is 4.82. The highest BCUT2D eigenvalue weighted by molar-refractivity contribution is 5.80. The summed E-state index contributed by atoms with van der Waals surface area (Å²) in [5, 5.41) is 1.50. The van der Waals surface area contributed by atoms with Crippen LogP contribution in [0.4, 0.5) is 0 Å². The number of carbonyl (C=O) groups is 1. The Hall–Kier alpha value is -0.570. The van der Waals surface area contributed by atoms with E-state index in [0.29, 0.717) is 11.8 Å². The number of nitrogens with two attached hydrogens (primary N) is 1. The molecule has 0 saturated heterocycles. The van der Waals surface area contributed by atoms with Crippen LogP contribution in [-0.2, 0) is 4.79 Å². The predicted molar refractivity (Wildman–Crippen MR) is 71.3 cm³/mol. The lowest BCUT2D eigenvalue weighted by molar-refractivity contribution is -0.154. The predicted octanol–water partition coefficient (Wildman–Crippen LogP) is 2.56. The highest BCUT2D eigenvalue weighted by Crippen LogP contribution is 2.56. The Morgan fingerprint density at radius 3 is 1.83 bits per heavy atom. The molecule has 4 aliphatic rings. The van der Waals surface area contributed by atoms with Crippen LogP contribution in [0.5, 0.6) is 0 Å². The van der Waals surface area contributed by atoms with Gasteiger partial charge >= 0.3 is 0 Å². The van der Waals surface area contributed by atoms with Crippen molar-refractivity contribution in [1.82, 2.24) is 5.01 Å². The number of hydrogen-bond acceptors (Lipinski definition) is 2. The smallest absolute Gasteiger partial charge is 0.240 e. The van der Waals surface area contributed by atoms with Gasteiger partial charge in [-0.3, -0.25) is 9.80 Å². The normalized spacial score (nSPS) is 42.1. The number of rotatable bonds is 1. The Morgan fingerprint density at radius 1 is 1.00 bits per heavy atom. The first kappa shape index (κ1) is 12.5. The minimum atomic E-state index is -0.258. The average Bonchev–Trinajstić information content (AvgIpc) is 2.24. The number of hydrazine groups is 1. The number of nitrogens with zero attached hydrogens (tertiary/aromatic N) is 1. The topological polar surface area (TPSA) is 46.3 Å². The molecule has 0 aromatic heterocycles. The lowest BCUT2D eigenvalue weighted by Crippen LogP contribution is -2.58. The fourth-order valence-corrected chi connectivity index (χ4v) is 4.82. The molecule has 4 rings (SSSR count). The van der Waals surface area contributed by atoms with Crippen molar-refractivity contribution in [2.75, 3.05) is 0 Å². The summed E-state index contributed by atoms with van der Waals surface area (Å²) in [6.45, 7) is 6.04. The second-order valence-electron chi connectivity index (χ2n) is 7.84. The zero-order chi connectivity index (χ0) is 13.1. The molecule has 1 amide bonds. The van der Waals surface area contributed by atoms with E-state index in [4.69, 9.17) is 5.84 Å². The van der Waals surface area contributed by atoms with Crippen molar-refractivity contribution < 1.29 is 4.79 Å². The second-order valence-corrected chi connectivity index (χ2v) is 7.84. The van der Waals surface area contributed by atoms with Gasteiger partial charge in [-0.15, -0.1) is 0 Å². The van der Waals surface area contributed by atoms with E-state index in [1.165, 1.54) is 37.1 Å². The summed E-state index contributed by atoms with van der Waals surface area (Å²) in [6, 6.07) is 0. The molecule has 2 N–H and O–H groups in total. The maximum Gasteiger partial charge on any atom is 0.240 e. The molecule has 0 heterocycles. The molecule has 0 radical (unpaired) electrons. The van der Waals surface area contributed by atoms with Gasteiger partial charge in [0.05, 0.1) is 5.54 Å². The summed E-state index contributed by atoms with van der Waals surface area (Å²) in [5.41, 5.74) is -0.258. The van der Waals surface area contributed by atoms with Crippen molar-refractivity contribution in [2.45, 2.75) is 58.4 Å². The summed E-state index contributed by atoms with van der Waals surface area (Å²) in [4.78, 5) is 12.7. The Morgan fingerprint density at radius 2 is 1.44 bits per heavy atom. The van der Waals surface area contributed by atoms with Crippen molar-refractivity contribution in [3.8, 4) is 0 Å². The largest absolute Gasteiger partial charge is 0.275 e. The van der Waals surface area contributed by atoms with Gasteiger partial charge in [-0.05, 0) is 76.5 Å². The average molecular weight is 250 g/mol. The van der Waals surface area contributed by atoms with Crippen molar-refractivity contribution in [1.29, 1.82) is 0 Å². The molecule has 0 aromatic carbocycles. The molecule has 4 saturated carbocycles. The van der Waals surface area contributed by atoms with Gasteiger partial charge < -0.3 is 0 Å². The molecule has 4 bridgehead atoms. The first-order valence-corrected chi connectivity index (χ1v) is 7.45. The highest BCUT2D eigenvalue weighted by atomic mass is 16.2. The van der Waals surface area contributed by atoms with Gasteiger partial charge in [-0.25, -0.2) is 5.84 Å². The van der Waals surface area contributed by atoms with Crippen LogP contribution < -0.4 is 5.84 Å². The second kappa shape index (κ2) is 3.96. The molecule has 18 heavy (non-hydrogen) atoms. The lowest BCUT2D eigenvalue weighted by atomic mass is 9.51. The van der Waals surface area contributed by atoms with Gasteiger partial charge in [0.15, 0.2) is 0 Å². The van der Waals surface area contributed by atoms with Crippen molar-refractivity contribution >= 4 is 5.91 Å². The zero-order valence-electron chi connectivity index (χ0n) is 11.9. The van der Waals surface area contributed by atoms with Gasteiger partial charge in [-0.1, -0.05) is 0 Å². The van der Waals surface area contributed by atoms with Crippen molar-refractivity contribution in [3.63, 3.8) is 0 Å². The molecule has 102 valence electrons. The van der Waals surface area contributed by atoms with Crippen LogP contribution in [0.15, 0.2) is 0 Å². The summed E-state index contributed by atoms with van der Waals surface area (Å²) in [7, 11) is 0. The van der Waals surface area contributed by atoms with Crippen molar-refractivity contribution in [2.24, 2.45) is 35.4 Å². The summed E-state index contributed by atoms with van der Waals surface area (Å²) < 4.78 is 0. The van der Waals surface area contributed by atoms with Crippen LogP contribution in [-0.4, -0.2) is 16.5 Å². The van der Waals surface area contributed by atoms with Gasteiger partial charge in [0.25, 0.3) is 0 Å². The first-order chi connectivity index (χ1) is 8.36. The van der Waals surface area contributed by atoms with E-state index >= 15 is 0 Å². The first-order valence-electron chi connectivity index (χ1n) is 7.45. The van der Waals surface area contributed by atoms with Gasteiger partial charge in [0.2, 0.25) is 5.91 Å². The fraction of sp³-hybridized carbons (Fsp3) is 0.933. The molecule has 0 aromatic rings. The van der Waals surface area contributed by atoms with Crippen molar-refractivity contribution in [3.05, 3.63) is 0 Å². The van der Waals surface area contributed by atoms with Gasteiger partial charge in [-0.2, -0.15) is 0 Å². The molecule has 0 aliphatic heterocycles. The Labute approximate surface area is 110 Å².